The van der Waals surface area contributed by atoms with Crippen molar-refractivity contribution in [2.45, 2.75) is 38.6 Å². The number of allylic oxidation sites excluding steroid dienone is 5. The van der Waals surface area contributed by atoms with Crippen LogP contribution in [-0.2, 0) is 6.42 Å². The fourth-order valence-electron chi connectivity index (χ4n) is 6.88. The van der Waals surface area contributed by atoms with E-state index in [0.717, 1.165) is 42.5 Å². The molecule has 7 rings (SSSR count). The lowest BCUT2D eigenvalue weighted by Gasteiger charge is -2.26. The van der Waals surface area contributed by atoms with Crippen LogP contribution in [0.3, 0.4) is 0 Å². The van der Waals surface area contributed by atoms with E-state index in [9.17, 15) is 0 Å². The molecule has 0 aromatic heterocycles. The summed E-state index contributed by atoms with van der Waals surface area (Å²) in [5, 5.41) is 3.95. The van der Waals surface area contributed by atoms with Gasteiger partial charge in [-0.05, 0) is 98.5 Å². The van der Waals surface area contributed by atoms with Gasteiger partial charge < -0.3 is 5.32 Å². The maximum atomic E-state index is 4.56. The molecule has 0 fully saturated rings. The van der Waals surface area contributed by atoms with E-state index in [-0.39, 0.29) is 6.04 Å². The molecule has 0 radical (unpaired) electrons. The standard InChI is InChI=1S/C44H39N/c1-3-43(35-24-22-32(23-25-35)36-26-27-42-38(29-36)30-37-18-10-11-21-41(37)42)45-44(34-16-8-5-9-17-34)28-31(2)39-19-12-13-20-40(39)33-14-6-4-7-15-33/h4-22,24,26-29,43,45H,2-3,23,25,30H2,1H3/b44-28-. The van der Waals surface area contributed by atoms with E-state index in [1.165, 1.54) is 55.7 Å². The van der Waals surface area contributed by atoms with Crippen molar-refractivity contribution >= 4 is 16.8 Å². The Kier molecular flexibility index (Phi) is 8.17. The van der Waals surface area contributed by atoms with Crippen LogP contribution in [0.25, 0.3) is 39.1 Å². The van der Waals surface area contributed by atoms with E-state index >= 15 is 0 Å². The summed E-state index contributed by atoms with van der Waals surface area (Å²) in [6.07, 6.45) is 11.1. The zero-order valence-corrected chi connectivity index (χ0v) is 26.0. The Bertz CT molecular complexity index is 1940. The molecule has 45 heavy (non-hydrogen) atoms. The summed E-state index contributed by atoms with van der Waals surface area (Å²) in [7, 11) is 0. The molecule has 0 saturated carbocycles. The molecule has 220 valence electrons. The van der Waals surface area contributed by atoms with Crippen LogP contribution in [0.2, 0.25) is 0 Å². The van der Waals surface area contributed by atoms with Crippen LogP contribution < -0.4 is 5.32 Å². The Morgan fingerprint density at radius 2 is 1.38 bits per heavy atom. The Morgan fingerprint density at radius 3 is 2.13 bits per heavy atom. The maximum Gasteiger partial charge on any atom is 0.0474 e. The summed E-state index contributed by atoms with van der Waals surface area (Å²) >= 11 is 0. The second kappa shape index (κ2) is 12.8. The van der Waals surface area contributed by atoms with Crippen molar-refractivity contribution in [3.63, 3.8) is 0 Å². The van der Waals surface area contributed by atoms with Crippen molar-refractivity contribution in [1.82, 2.24) is 5.32 Å². The smallest absolute Gasteiger partial charge is 0.0474 e. The molecule has 1 atom stereocenters. The van der Waals surface area contributed by atoms with Crippen molar-refractivity contribution in [2.24, 2.45) is 0 Å². The van der Waals surface area contributed by atoms with Crippen LogP contribution in [0, 0.1) is 0 Å². The molecule has 5 aromatic carbocycles. The van der Waals surface area contributed by atoms with Crippen LogP contribution in [0.5, 0.6) is 0 Å². The number of hydrogen-bond acceptors (Lipinski definition) is 1. The molecule has 2 aliphatic rings. The Morgan fingerprint density at radius 1 is 0.689 bits per heavy atom. The first-order valence-electron chi connectivity index (χ1n) is 16.2. The van der Waals surface area contributed by atoms with Gasteiger partial charge in [-0.1, -0.05) is 153 Å². The van der Waals surface area contributed by atoms with Gasteiger partial charge in [0.15, 0.2) is 0 Å². The molecule has 0 heterocycles. The van der Waals surface area contributed by atoms with Crippen molar-refractivity contribution in [3.05, 3.63) is 186 Å². The molecule has 0 spiro atoms. The minimum Gasteiger partial charge on any atom is -0.378 e. The van der Waals surface area contributed by atoms with Crippen LogP contribution in [0.1, 0.15) is 54.0 Å². The number of rotatable bonds is 9. The van der Waals surface area contributed by atoms with Crippen LogP contribution in [0.4, 0.5) is 0 Å². The topological polar surface area (TPSA) is 12.0 Å². The highest BCUT2D eigenvalue weighted by Crippen LogP contribution is 2.39. The summed E-state index contributed by atoms with van der Waals surface area (Å²) in [6, 6.07) is 45.9. The quantitative estimate of drug-likeness (QED) is 0.167. The molecule has 2 aliphatic carbocycles. The molecule has 0 aliphatic heterocycles. The fourth-order valence-corrected chi connectivity index (χ4v) is 6.88. The van der Waals surface area contributed by atoms with Crippen LogP contribution in [-0.4, -0.2) is 6.04 Å². The Hall–Kier alpha value is -5.14. The monoisotopic (exact) mass is 581 g/mol. The van der Waals surface area contributed by atoms with E-state index in [1.807, 2.05) is 0 Å². The molecule has 1 unspecified atom stereocenters. The Balaban J connectivity index is 1.15. The fraction of sp³-hybridized carbons (Fsp3) is 0.136. The predicted molar refractivity (Wildman–Crippen MR) is 193 cm³/mol. The third-order valence-corrected chi connectivity index (χ3v) is 9.29. The highest BCUT2D eigenvalue weighted by molar-refractivity contribution is 5.89. The molecule has 0 amide bonds. The van der Waals surface area contributed by atoms with Gasteiger partial charge in [0.05, 0.1) is 0 Å². The highest BCUT2D eigenvalue weighted by Gasteiger charge is 2.21. The van der Waals surface area contributed by atoms with Gasteiger partial charge in [0.2, 0.25) is 0 Å². The van der Waals surface area contributed by atoms with Gasteiger partial charge in [-0.3, -0.25) is 0 Å². The molecule has 1 N–H and O–H groups in total. The normalized spacial score (nSPS) is 14.6. The predicted octanol–water partition coefficient (Wildman–Crippen LogP) is 11.2. The minimum absolute atomic E-state index is 0.237. The maximum absolute atomic E-state index is 4.56. The third-order valence-electron chi connectivity index (χ3n) is 9.29. The third kappa shape index (κ3) is 5.99. The SMILES string of the molecule is C=C(/C=C(\NC(CC)C1=CC=C(c2ccc3c(c2)Cc2ccccc2-3)CC1)c1ccccc1)c1ccccc1-c1ccccc1. The lowest BCUT2D eigenvalue weighted by Crippen LogP contribution is -2.29. The van der Waals surface area contributed by atoms with E-state index in [2.05, 4.69) is 164 Å². The molecular weight excluding hydrogens is 542 g/mol. The number of fused-ring (bicyclic) bond motifs is 3. The minimum atomic E-state index is 0.237. The van der Waals surface area contributed by atoms with E-state index in [0.29, 0.717) is 0 Å². The van der Waals surface area contributed by atoms with Gasteiger partial charge in [0.25, 0.3) is 0 Å². The van der Waals surface area contributed by atoms with Gasteiger partial charge in [-0.15, -0.1) is 0 Å². The number of nitrogens with one attached hydrogen (secondary N) is 1. The van der Waals surface area contributed by atoms with E-state index < -0.39 is 0 Å². The van der Waals surface area contributed by atoms with Crippen molar-refractivity contribution < 1.29 is 0 Å². The largest absolute Gasteiger partial charge is 0.378 e. The molecule has 0 saturated heterocycles. The summed E-state index contributed by atoms with van der Waals surface area (Å²) in [5.74, 6) is 0. The number of hydrogen-bond donors (Lipinski definition) is 1. The molecule has 1 nitrogen and oxygen atoms in total. The Labute approximate surface area is 268 Å². The molecule has 0 bridgehead atoms. The summed E-state index contributed by atoms with van der Waals surface area (Å²) in [6.45, 7) is 6.84. The van der Waals surface area contributed by atoms with Crippen LogP contribution in [0.15, 0.2) is 158 Å². The lowest BCUT2D eigenvalue weighted by molar-refractivity contribution is 0.628. The highest BCUT2D eigenvalue weighted by atomic mass is 14.9. The second-order valence-corrected chi connectivity index (χ2v) is 12.1. The van der Waals surface area contributed by atoms with E-state index in [1.54, 1.807) is 0 Å². The van der Waals surface area contributed by atoms with Crippen LogP contribution >= 0.6 is 0 Å². The second-order valence-electron chi connectivity index (χ2n) is 12.1. The summed E-state index contributed by atoms with van der Waals surface area (Å²) < 4.78 is 0. The van der Waals surface area contributed by atoms with Gasteiger partial charge in [-0.25, -0.2) is 0 Å². The van der Waals surface area contributed by atoms with Gasteiger partial charge >= 0.3 is 0 Å². The lowest BCUT2D eigenvalue weighted by atomic mass is 9.88. The first kappa shape index (κ1) is 28.6. The average molecular weight is 582 g/mol. The zero-order chi connectivity index (χ0) is 30.6. The summed E-state index contributed by atoms with van der Waals surface area (Å²) in [5.41, 5.74) is 16.7. The molecule has 5 aromatic rings. The molecular formula is C44H39N. The van der Waals surface area contributed by atoms with E-state index in [4.69, 9.17) is 0 Å². The average Bonchev–Trinajstić information content (AvgIpc) is 3.49. The molecule has 1 heteroatoms. The van der Waals surface area contributed by atoms with Crippen molar-refractivity contribution in [3.8, 4) is 22.3 Å². The van der Waals surface area contributed by atoms with Crippen molar-refractivity contribution in [1.29, 1.82) is 0 Å². The van der Waals surface area contributed by atoms with Gasteiger partial charge in [0.1, 0.15) is 0 Å². The number of benzene rings is 5. The first-order valence-corrected chi connectivity index (χ1v) is 16.2. The van der Waals surface area contributed by atoms with Gasteiger partial charge in [0, 0.05) is 11.7 Å². The van der Waals surface area contributed by atoms with Crippen molar-refractivity contribution in [2.75, 3.05) is 0 Å². The first-order chi connectivity index (χ1) is 22.2. The zero-order valence-electron chi connectivity index (χ0n) is 26.0. The summed E-state index contributed by atoms with van der Waals surface area (Å²) in [4.78, 5) is 0. The van der Waals surface area contributed by atoms with Gasteiger partial charge in [-0.2, -0.15) is 0 Å².